The molecule has 0 saturated carbocycles. The van der Waals surface area contributed by atoms with Gasteiger partial charge in [-0.15, -0.1) is 0 Å². The Bertz CT molecular complexity index is 465. The first-order valence-electron chi connectivity index (χ1n) is 5.94. The maximum absolute atomic E-state index is 10.6. The number of carboxylic acids is 1. The highest BCUT2D eigenvalue weighted by Gasteiger charge is 2.20. The van der Waals surface area contributed by atoms with Crippen molar-refractivity contribution in [1.82, 2.24) is 9.80 Å². The maximum Gasteiger partial charge on any atom is 0.433 e. The summed E-state index contributed by atoms with van der Waals surface area (Å²) in [5.41, 5.74) is 0. The Kier molecular flexibility index (Phi) is 4.13. The molecule has 1 aliphatic heterocycles. The molecule has 0 radical (unpaired) electrons. The molecular formula is C11H15N3O5. The van der Waals surface area contributed by atoms with E-state index in [4.69, 9.17) is 9.52 Å². The van der Waals surface area contributed by atoms with Crippen LogP contribution in [0.15, 0.2) is 16.5 Å². The van der Waals surface area contributed by atoms with Crippen LogP contribution in [0, 0.1) is 10.1 Å². The highest BCUT2D eigenvalue weighted by molar-refractivity contribution is 5.69. The van der Waals surface area contributed by atoms with Crippen LogP contribution < -0.4 is 0 Å². The Labute approximate surface area is 109 Å². The van der Waals surface area contributed by atoms with Gasteiger partial charge < -0.3 is 9.52 Å². The number of furan rings is 1. The van der Waals surface area contributed by atoms with Crippen LogP contribution in [0.4, 0.5) is 5.88 Å². The number of hydrogen-bond donors (Lipinski definition) is 1. The van der Waals surface area contributed by atoms with Crippen LogP contribution in [0.2, 0.25) is 0 Å². The second-order valence-electron chi connectivity index (χ2n) is 4.44. The molecule has 1 N–H and O–H groups in total. The first-order valence-corrected chi connectivity index (χ1v) is 5.94. The molecule has 0 aromatic carbocycles. The molecule has 0 bridgehead atoms. The number of aliphatic carboxylic acids is 1. The highest BCUT2D eigenvalue weighted by Crippen LogP contribution is 2.17. The number of piperazine rings is 1. The first kappa shape index (κ1) is 13.5. The van der Waals surface area contributed by atoms with Gasteiger partial charge in [0.25, 0.3) is 0 Å². The lowest BCUT2D eigenvalue weighted by molar-refractivity contribution is -0.402. The van der Waals surface area contributed by atoms with Gasteiger partial charge in [0.1, 0.15) is 10.7 Å². The van der Waals surface area contributed by atoms with E-state index in [1.165, 1.54) is 6.07 Å². The summed E-state index contributed by atoms with van der Waals surface area (Å²) in [6.07, 6.45) is 0. The molecule has 104 valence electrons. The summed E-state index contributed by atoms with van der Waals surface area (Å²) >= 11 is 0. The molecule has 19 heavy (non-hydrogen) atoms. The van der Waals surface area contributed by atoms with Crippen LogP contribution in [-0.2, 0) is 11.3 Å². The van der Waals surface area contributed by atoms with Crippen molar-refractivity contribution in [1.29, 1.82) is 0 Å². The highest BCUT2D eigenvalue weighted by atomic mass is 16.6. The minimum Gasteiger partial charge on any atom is -0.480 e. The van der Waals surface area contributed by atoms with Crippen molar-refractivity contribution in [3.05, 3.63) is 28.0 Å². The molecule has 2 rings (SSSR count). The monoisotopic (exact) mass is 269 g/mol. The van der Waals surface area contributed by atoms with E-state index in [9.17, 15) is 14.9 Å². The Morgan fingerprint density at radius 3 is 2.47 bits per heavy atom. The quantitative estimate of drug-likeness (QED) is 0.609. The van der Waals surface area contributed by atoms with Gasteiger partial charge in [0.05, 0.1) is 19.2 Å². The fourth-order valence-electron chi connectivity index (χ4n) is 2.07. The van der Waals surface area contributed by atoms with Crippen LogP contribution in [0.5, 0.6) is 0 Å². The summed E-state index contributed by atoms with van der Waals surface area (Å²) < 4.78 is 5.09. The van der Waals surface area contributed by atoms with Gasteiger partial charge in [-0.05, 0) is 6.07 Å². The van der Waals surface area contributed by atoms with Gasteiger partial charge >= 0.3 is 11.9 Å². The van der Waals surface area contributed by atoms with Gasteiger partial charge in [-0.1, -0.05) is 0 Å². The Balaban J connectivity index is 1.81. The number of hydrogen-bond acceptors (Lipinski definition) is 6. The predicted octanol–water partition coefficient (Wildman–Crippen LogP) is 0.390. The summed E-state index contributed by atoms with van der Waals surface area (Å²) in [7, 11) is 0. The molecule has 2 heterocycles. The number of rotatable bonds is 5. The molecular weight excluding hydrogens is 254 g/mol. The molecule has 0 atom stereocenters. The standard InChI is InChI=1S/C11H15N3O5/c15-11(16)8-13-5-3-12(4-6-13)7-9-1-2-10(19-9)14(17)18/h1-2H,3-8H2,(H,15,16). The minimum absolute atomic E-state index is 0.0556. The maximum atomic E-state index is 10.6. The average molecular weight is 269 g/mol. The lowest BCUT2D eigenvalue weighted by Crippen LogP contribution is -2.47. The van der Waals surface area contributed by atoms with Crippen molar-refractivity contribution in [3.8, 4) is 0 Å². The van der Waals surface area contributed by atoms with E-state index in [-0.39, 0.29) is 12.4 Å². The SMILES string of the molecule is O=C(O)CN1CCN(Cc2ccc([N+](=O)[O-])o2)CC1. The van der Waals surface area contributed by atoms with Crippen molar-refractivity contribution >= 4 is 11.9 Å². The minimum atomic E-state index is -0.824. The summed E-state index contributed by atoms with van der Waals surface area (Å²) in [4.78, 5) is 24.4. The fourth-order valence-corrected chi connectivity index (χ4v) is 2.07. The summed E-state index contributed by atoms with van der Waals surface area (Å²) in [6, 6.07) is 2.94. The van der Waals surface area contributed by atoms with E-state index in [1.54, 1.807) is 6.07 Å². The Morgan fingerprint density at radius 2 is 1.95 bits per heavy atom. The summed E-state index contributed by atoms with van der Waals surface area (Å²) in [5.74, 6) is -0.520. The molecule has 0 aliphatic carbocycles. The van der Waals surface area contributed by atoms with Gasteiger partial charge in [-0.3, -0.25) is 24.7 Å². The lowest BCUT2D eigenvalue weighted by atomic mass is 10.3. The van der Waals surface area contributed by atoms with Crippen molar-refractivity contribution in [2.45, 2.75) is 6.54 Å². The van der Waals surface area contributed by atoms with E-state index in [1.807, 2.05) is 4.90 Å². The second kappa shape index (κ2) is 5.81. The topological polar surface area (TPSA) is 100 Å². The van der Waals surface area contributed by atoms with E-state index < -0.39 is 10.9 Å². The van der Waals surface area contributed by atoms with Gasteiger partial charge in [-0.2, -0.15) is 0 Å². The molecule has 0 spiro atoms. The summed E-state index contributed by atoms with van der Waals surface area (Å²) in [6.45, 7) is 3.36. The van der Waals surface area contributed by atoms with E-state index in [2.05, 4.69) is 4.90 Å². The normalized spacial score (nSPS) is 17.5. The number of nitro groups is 1. The van der Waals surface area contributed by atoms with Crippen LogP contribution in [0.1, 0.15) is 5.76 Å². The van der Waals surface area contributed by atoms with Gasteiger partial charge in [-0.25, -0.2) is 0 Å². The summed E-state index contributed by atoms with van der Waals surface area (Å²) in [5, 5.41) is 19.2. The zero-order valence-electron chi connectivity index (χ0n) is 10.3. The molecule has 0 unspecified atom stereocenters. The molecule has 8 nitrogen and oxygen atoms in total. The van der Waals surface area contributed by atoms with Crippen molar-refractivity contribution in [2.75, 3.05) is 32.7 Å². The zero-order chi connectivity index (χ0) is 13.8. The van der Waals surface area contributed by atoms with Crippen molar-refractivity contribution < 1.29 is 19.2 Å². The number of nitrogens with zero attached hydrogens (tertiary/aromatic N) is 3. The molecule has 1 saturated heterocycles. The molecule has 8 heteroatoms. The number of carboxylic acid groups (broad SMARTS) is 1. The molecule has 0 amide bonds. The largest absolute Gasteiger partial charge is 0.480 e. The molecule has 1 aliphatic rings. The third-order valence-electron chi connectivity index (χ3n) is 3.03. The van der Waals surface area contributed by atoms with Gasteiger partial charge in [0.15, 0.2) is 0 Å². The van der Waals surface area contributed by atoms with Gasteiger partial charge in [0, 0.05) is 26.2 Å². The molecule has 1 aromatic heterocycles. The third-order valence-corrected chi connectivity index (χ3v) is 3.03. The van der Waals surface area contributed by atoms with Crippen LogP contribution in [0.25, 0.3) is 0 Å². The van der Waals surface area contributed by atoms with Crippen LogP contribution in [0.3, 0.4) is 0 Å². The fraction of sp³-hybridized carbons (Fsp3) is 0.545. The second-order valence-corrected chi connectivity index (χ2v) is 4.44. The zero-order valence-corrected chi connectivity index (χ0v) is 10.3. The van der Waals surface area contributed by atoms with Crippen LogP contribution >= 0.6 is 0 Å². The smallest absolute Gasteiger partial charge is 0.433 e. The lowest BCUT2D eigenvalue weighted by Gasteiger charge is -2.33. The first-order chi connectivity index (χ1) is 9.04. The van der Waals surface area contributed by atoms with Gasteiger partial charge in [0.2, 0.25) is 0 Å². The predicted molar refractivity (Wildman–Crippen MR) is 64.7 cm³/mol. The third kappa shape index (κ3) is 3.76. The van der Waals surface area contributed by atoms with Crippen molar-refractivity contribution in [3.63, 3.8) is 0 Å². The van der Waals surface area contributed by atoms with E-state index >= 15 is 0 Å². The van der Waals surface area contributed by atoms with E-state index in [0.717, 1.165) is 13.1 Å². The Morgan fingerprint density at radius 1 is 1.32 bits per heavy atom. The molecule has 1 aromatic rings. The average Bonchev–Trinajstić information content (AvgIpc) is 2.80. The molecule has 1 fully saturated rings. The van der Waals surface area contributed by atoms with E-state index in [0.29, 0.717) is 25.4 Å². The number of carbonyl (C=O) groups is 1. The van der Waals surface area contributed by atoms with Crippen molar-refractivity contribution in [2.24, 2.45) is 0 Å². The Hall–Kier alpha value is -1.93. The van der Waals surface area contributed by atoms with Crippen LogP contribution in [-0.4, -0.2) is 58.5 Å².